The molecule has 0 N–H and O–H groups in total. The summed E-state index contributed by atoms with van der Waals surface area (Å²) < 4.78 is 175. The lowest BCUT2D eigenvalue weighted by Gasteiger charge is -2.36. The first-order valence-corrected chi connectivity index (χ1v) is 15.6. The molecule has 42 heavy (non-hydrogen) atoms. The predicted octanol–water partition coefficient (Wildman–Crippen LogP) is 10.5. The van der Waals surface area contributed by atoms with Crippen LogP contribution in [0.3, 0.4) is 0 Å². The lowest BCUT2D eigenvalue weighted by molar-refractivity contribution is -0.419. The summed E-state index contributed by atoms with van der Waals surface area (Å²) in [7, 11) is -1.18. The van der Waals surface area contributed by atoms with Gasteiger partial charge in [-0.15, -0.1) is 0 Å². The zero-order valence-electron chi connectivity index (χ0n) is 23.1. The molecule has 0 aromatic heterocycles. The number of allylic oxidation sites excluding steroid dienone is 2. The first-order valence-electron chi connectivity index (χ1n) is 12.9. The van der Waals surface area contributed by atoms with Gasteiger partial charge >= 0.3 is 29.9 Å². The maximum absolute atomic E-state index is 14.9. The van der Waals surface area contributed by atoms with E-state index in [1.165, 1.54) is 25.3 Å². The second-order valence-corrected chi connectivity index (χ2v) is 14.5. The van der Waals surface area contributed by atoms with E-state index < -0.39 is 49.3 Å². The molecule has 15 heteroatoms. The molecule has 1 heterocycles. The van der Waals surface area contributed by atoms with Crippen LogP contribution >= 0.6 is 0 Å². The predicted molar refractivity (Wildman–Crippen MR) is 136 cm³/mol. The molecule has 0 amide bonds. The first-order chi connectivity index (χ1) is 19.2. The van der Waals surface area contributed by atoms with Crippen molar-refractivity contribution in [1.82, 2.24) is 0 Å². The molecule has 0 fully saturated rings. The third kappa shape index (κ3) is 6.49. The molecule has 2 nitrogen and oxygen atoms in total. The van der Waals surface area contributed by atoms with Gasteiger partial charge in [-0.05, 0) is 30.4 Å². The number of fused-ring (bicyclic) bond motifs is 1. The number of benzene rings is 1. The highest BCUT2D eigenvalue weighted by Gasteiger charge is 2.87. The summed E-state index contributed by atoms with van der Waals surface area (Å²) in [6.45, 7) is 5.68. The molecule has 0 atom stereocenters. The van der Waals surface area contributed by atoms with Gasteiger partial charge < -0.3 is 9.47 Å². The normalized spacial score (nSPS) is 16.7. The van der Waals surface area contributed by atoms with E-state index in [0.29, 0.717) is 37.4 Å². The molecular formula is C27H30F12O2Si. The molecule has 0 radical (unpaired) electrons. The van der Waals surface area contributed by atoms with Crippen LogP contribution in [0.4, 0.5) is 52.7 Å². The summed E-state index contributed by atoms with van der Waals surface area (Å²) in [5.74, 6) is -33.0. The van der Waals surface area contributed by atoms with Crippen LogP contribution in [0.1, 0.15) is 45.6 Å². The topological polar surface area (TPSA) is 18.5 Å². The zero-order chi connectivity index (χ0) is 32.4. The van der Waals surface area contributed by atoms with E-state index in [0.717, 1.165) is 6.08 Å². The highest BCUT2D eigenvalue weighted by atomic mass is 28.3. The van der Waals surface area contributed by atoms with Crippen molar-refractivity contribution in [2.24, 2.45) is 0 Å². The van der Waals surface area contributed by atoms with Crippen LogP contribution in [0, 0.1) is 0 Å². The van der Waals surface area contributed by atoms with Crippen molar-refractivity contribution >= 4 is 14.1 Å². The van der Waals surface area contributed by atoms with Crippen molar-refractivity contribution in [3.05, 3.63) is 52.7 Å². The Balaban J connectivity index is 2.79. The number of methoxy groups -OCH3 is 1. The van der Waals surface area contributed by atoms with Crippen LogP contribution in [-0.4, -0.2) is 45.1 Å². The average Bonchev–Trinajstić information content (AvgIpc) is 2.88. The van der Waals surface area contributed by atoms with Gasteiger partial charge in [-0.25, -0.2) is 4.39 Å². The second-order valence-electron chi connectivity index (χ2n) is 10.0. The Bertz CT molecular complexity index is 1180. The van der Waals surface area contributed by atoms with Crippen molar-refractivity contribution in [2.45, 2.75) is 88.0 Å². The molecule has 0 spiro atoms. The Morgan fingerprint density at radius 2 is 1.33 bits per heavy atom. The van der Waals surface area contributed by atoms with Gasteiger partial charge in [0.05, 0.1) is 15.2 Å². The van der Waals surface area contributed by atoms with Crippen molar-refractivity contribution in [3.63, 3.8) is 0 Å². The molecule has 0 saturated heterocycles. The molecule has 1 aromatic rings. The van der Waals surface area contributed by atoms with E-state index >= 15 is 0 Å². The number of ether oxygens (including phenoxy) is 2. The van der Waals surface area contributed by atoms with Gasteiger partial charge in [-0.1, -0.05) is 63.9 Å². The van der Waals surface area contributed by atoms with Gasteiger partial charge in [0.2, 0.25) is 0 Å². The molecule has 1 aliphatic heterocycles. The number of halogens is 12. The molecule has 238 valence electrons. The average molecular weight is 643 g/mol. The van der Waals surface area contributed by atoms with Crippen LogP contribution < -0.4 is 9.47 Å². The van der Waals surface area contributed by atoms with Gasteiger partial charge in [-0.3, -0.25) is 0 Å². The van der Waals surface area contributed by atoms with Crippen LogP contribution in [0.5, 0.6) is 11.5 Å². The third-order valence-corrected chi connectivity index (χ3v) is 12.2. The zero-order valence-corrected chi connectivity index (χ0v) is 24.1. The van der Waals surface area contributed by atoms with Gasteiger partial charge in [-0.2, -0.15) is 48.3 Å². The lowest BCUT2D eigenvalue weighted by Crippen LogP contribution is -2.66. The smallest absolute Gasteiger partial charge is 0.460 e. The Morgan fingerprint density at radius 3 is 1.79 bits per heavy atom. The summed E-state index contributed by atoms with van der Waals surface area (Å²) >= 11 is 0. The van der Waals surface area contributed by atoms with Crippen molar-refractivity contribution < 1.29 is 62.2 Å². The summed E-state index contributed by atoms with van der Waals surface area (Å²) in [6, 6.07) is 6.20. The molecule has 0 bridgehead atoms. The monoisotopic (exact) mass is 642 g/mol. The molecule has 0 saturated carbocycles. The lowest BCUT2D eigenvalue weighted by atomic mass is 9.96. The quantitative estimate of drug-likeness (QED) is 0.158. The van der Waals surface area contributed by atoms with Crippen molar-refractivity contribution in [3.8, 4) is 11.5 Å². The fraction of sp³-hybridized carbons (Fsp3) is 0.556. The van der Waals surface area contributed by atoms with Crippen LogP contribution in [-0.2, 0) is 0 Å². The SMILES string of the molecule is CCC[Si](/C=C1\Oc2ccc(OC)cc2C=C1/C=C(\F)C(F)(F)C(F)(F)C(F)(F)C(F)(F)C(F)(F)F)(CCC)CCC. The minimum absolute atomic E-state index is 0.0725. The Hall–Kier alpha value is -2.58. The maximum Gasteiger partial charge on any atom is 0.460 e. The molecule has 0 aliphatic carbocycles. The molecule has 0 unspecified atom stereocenters. The minimum atomic E-state index is -7.73. The summed E-state index contributed by atoms with van der Waals surface area (Å²) in [6.07, 6.45) is -4.57. The second kappa shape index (κ2) is 12.6. The van der Waals surface area contributed by atoms with E-state index in [1.807, 2.05) is 20.8 Å². The third-order valence-electron chi connectivity index (χ3n) is 6.83. The molecular weight excluding hydrogens is 612 g/mol. The minimum Gasteiger partial charge on any atom is -0.497 e. The summed E-state index contributed by atoms with van der Waals surface area (Å²) in [5.41, 5.74) is 1.05. The van der Waals surface area contributed by atoms with Gasteiger partial charge in [0, 0.05) is 11.1 Å². The number of alkyl halides is 11. The Kier molecular flexibility index (Phi) is 10.7. The van der Waals surface area contributed by atoms with E-state index in [9.17, 15) is 52.7 Å². The van der Waals surface area contributed by atoms with Crippen molar-refractivity contribution in [2.75, 3.05) is 7.11 Å². The van der Waals surface area contributed by atoms with Crippen molar-refractivity contribution in [1.29, 1.82) is 0 Å². The maximum atomic E-state index is 14.9. The molecule has 1 aromatic carbocycles. The standard InChI is InChI=1S/C27H30F12O2Si/c1-5-10-42(11-6-2,12-7-3)16-21-18(13-17-14-19(40-4)8-9-20(17)41-21)15-22(28)23(29,30)24(31,32)25(33,34)26(35,36)27(37,38)39/h8-9,13-16H,5-7,10-12H2,1-4H3/b21-16-,22-15-. The van der Waals surface area contributed by atoms with E-state index in [1.54, 1.807) is 5.70 Å². The van der Waals surface area contributed by atoms with E-state index in [4.69, 9.17) is 9.47 Å². The van der Waals surface area contributed by atoms with E-state index in [2.05, 4.69) is 0 Å². The number of hydrogen-bond donors (Lipinski definition) is 0. The van der Waals surface area contributed by atoms with Crippen LogP contribution in [0.2, 0.25) is 18.1 Å². The van der Waals surface area contributed by atoms with Crippen LogP contribution in [0.25, 0.3) is 6.08 Å². The molecule has 2 rings (SSSR count). The fourth-order valence-electron chi connectivity index (χ4n) is 4.81. The highest BCUT2D eigenvalue weighted by molar-refractivity contribution is 6.84. The van der Waals surface area contributed by atoms with E-state index in [-0.39, 0.29) is 28.9 Å². The van der Waals surface area contributed by atoms with Gasteiger partial charge in [0.1, 0.15) is 17.3 Å². The fourth-order valence-corrected chi connectivity index (χ4v) is 9.77. The Morgan fingerprint density at radius 1 is 0.810 bits per heavy atom. The molecule has 1 aliphatic rings. The largest absolute Gasteiger partial charge is 0.497 e. The summed E-state index contributed by atoms with van der Waals surface area (Å²) in [4.78, 5) is 0. The number of rotatable bonds is 13. The summed E-state index contributed by atoms with van der Waals surface area (Å²) in [5, 5.41) is 0. The van der Waals surface area contributed by atoms with Gasteiger partial charge in [0.15, 0.2) is 5.83 Å². The highest BCUT2D eigenvalue weighted by Crippen LogP contribution is 2.59. The number of hydrogen-bond acceptors (Lipinski definition) is 2. The van der Waals surface area contributed by atoms with Gasteiger partial charge in [0.25, 0.3) is 0 Å². The first kappa shape index (κ1) is 35.6. The Labute approximate surface area is 236 Å². The van der Waals surface area contributed by atoms with Crippen LogP contribution in [0.15, 0.2) is 47.1 Å².